The Morgan fingerprint density at radius 3 is 1.93 bits per heavy atom. The lowest BCUT2D eigenvalue weighted by Crippen LogP contribution is -2.61. The smallest absolute Gasteiger partial charge is 0.326 e. The Morgan fingerprint density at radius 1 is 0.784 bits per heavy atom. The first-order chi connectivity index (χ1) is 34.7. The molecule has 2 rings (SSSR count). The molecule has 1 aromatic rings. The van der Waals surface area contributed by atoms with Crippen molar-refractivity contribution >= 4 is 53.4 Å². The molecule has 1 saturated heterocycles. The number of ether oxygens (including phenoxy) is 2. The zero-order chi connectivity index (χ0) is 56.1. The Kier molecular flexibility index (Phi) is 27.0. The van der Waals surface area contributed by atoms with Gasteiger partial charge in [-0.05, 0) is 54.9 Å². The number of nitrogens with two attached hydrogens (primary N) is 2. The second-order valence-corrected chi connectivity index (χ2v) is 20.6. The summed E-state index contributed by atoms with van der Waals surface area (Å²) in [7, 11) is 5.96. The van der Waals surface area contributed by atoms with Crippen molar-refractivity contribution in [2.24, 2.45) is 41.1 Å². The van der Waals surface area contributed by atoms with Gasteiger partial charge in [0.2, 0.25) is 41.4 Å². The van der Waals surface area contributed by atoms with Crippen LogP contribution in [0.2, 0.25) is 0 Å². The number of hydrogen-bond donors (Lipinski definition) is 8. The van der Waals surface area contributed by atoms with Gasteiger partial charge in [-0.15, -0.1) is 0 Å². The predicted molar refractivity (Wildman–Crippen MR) is 279 cm³/mol. The average Bonchev–Trinajstić information content (AvgIpc) is 3.84. The summed E-state index contributed by atoms with van der Waals surface area (Å²) in [6.45, 7) is 16.1. The van der Waals surface area contributed by atoms with E-state index in [-0.39, 0.29) is 50.0 Å². The maximum atomic E-state index is 14.7. The van der Waals surface area contributed by atoms with E-state index in [0.29, 0.717) is 25.8 Å². The van der Waals surface area contributed by atoms with Crippen molar-refractivity contribution in [2.45, 2.75) is 162 Å². The predicted octanol–water partition coefficient (Wildman–Crippen LogP) is 1.38. The van der Waals surface area contributed by atoms with Crippen LogP contribution in [0.1, 0.15) is 106 Å². The molecule has 9 amide bonds. The van der Waals surface area contributed by atoms with Gasteiger partial charge in [0, 0.05) is 47.8 Å². The number of likely N-dealkylation sites (N-methyl/N-ethyl adjacent to an activating group) is 2. The molecule has 1 aromatic carbocycles. The minimum Gasteiger partial charge on any atom is -0.480 e. The number of nitrogens with zero attached hydrogens (tertiary/aromatic N) is 3. The zero-order valence-corrected chi connectivity index (χ0v) is 46.0. The van der Waals surface area contributed by atoms with E-state index in [1.54, 1.807) is 84.7 Å². The van der Waals surface area contributed by atoms with E-state index in [4.69, 9.17) is 20.9 Å². The molecule has 0 bridgehead atoms. The van der Waals surface area contributed by atoms with E-state index in [1.807, 2.05) is 19.9 Å². The Morgan fingerprint density at radius 2 is 1.41 bits per heavy atom. The van der Waals surface area contributed by atoms with E-state index >= 15 is 0 Å². The Balaban J connectivity index is 2.27. The number of carboxylic acid groups (broad SMARTS) is 1. The van der Waals surface area contributed by atoms with Gasteiger partial charge in [0.1, 0.15) is 24.2 Å². The summed E-state index contributed by atoms with van der Waals surface area (Å²) in [6.07, 6.45) is 0.515. The van der Waals surface area contributed by atoms with E-state index in [2.05, 4.69) is 26.6 Å². The average molecular weight is 1050 g/mol. The number of carbonyl (C=O) groups excluding carboxylic acids is 8. The van der Waals surface area contributed by atoms with Crippen LogP contribution in [0.15, 0.2) is 30.3 Å². The number of primary amides is 1. The van der Waals surface area contributed by atoms with Crippen LogP contribution in [0, 0.1) is 29.6 Å². The van der Waals surface area contributed by atoms with Gasteiger partial charge in [-0.2, -0.15) is 0 Å². The standard InChI is InChI=1S/C52H88N10O12/c1-14-32(8)44(38(73-12)27-39(63)62-25-19-23-37(62)45(74-13)33(9)46(65)58-36(51(70)71)26-34-20-16-15-17-21-34)61(11)50(69)42(30(4)5)59-49(68)43(31(6)7)60(10)40(64)28-56-47(66)35(22-18-24-55-52(54)72)57-48(67)41(53)29(2)3/h15-17,20-21,29-33,35-38,41-45H,14,18-19,22-28,53H2,1-13H3,(H,56,66)(H,57,67)(H,58,65)(H,59,68)(H,70,71)(H3,54,55,72)/t32-,33+,35-,36-,37-,38+,41-,42-,43-,44-,45+/m0/s1. The number of hydrogen-bond acceptors (Lipinski definition) is 12. The first kappa shape index (κ1) is 64.2. The van der Waals surface area contributed by atoms with Crippen molar-refractivity contribution in [1.82, 2.24) is 41.3 Å². The molecule has 0 radical (unpaired) electrons. The molecule has 1 aliphatic rings. The van der Waals surface area contributed by atoms with Gasteiger partial charge < -0.3 is 67.3 Å². The normalized spacial score (nSPS) is 17.6. The summed E-state index contributed by atoms with van der Waals surface area (Å²) in [5.41, 5.74) is 11.9. The van der Waals surface area contributed by atoms with Crippen molar-refractivity contribution in [3.63, 3.8) is 0 Å². The summed E-state index contributed by atoms with van der Waals surface area (Å²) in [5, 5.41) is 23.1. The summed E-state index contributed by atoms with van der Waals surface area (Å²) in [6, 6.07) is 1.72. The molecule has 11 atom stereocenters. The molecule has 1 fully saturated rings. The number of methoxy groups -OCH3 is 2. The van der Waals surface area contributed by atoms with Gasteiger partial charge in [-0.1, -0.05) is 99.1 Å². The highest BCUT2D eigenvalue weighted by Crippen LogP contribution is 2.30. The first-order valence-corrected chi connectivity index (χ1v) is 25.9. The number of urea groups is 1. The van der Waals surface area contributed by atoms with Crippen molar-refractivity contribution in [1.29, 1.82) is 0 Å². The number of amides is 9. The van der Waals surface area contributed by atoms with E-state index in [9.17, 15) is 48.3 Å². The van der Waals surface area contributed by atoms with E-state index < -0.39 is 126 Å². The van der Waals surface area contributed by atoms with Crippen LogP contribution < -0.4 is 38.1 Å². The van der Waals surface area contributed by atoms with E-state index in [1.165, 1.54) is 31.1 Å². The van der Waals surface area contributed by atoms with Crippen LogP contribution in [0.3, 0.4) is 0 Å². The number of carbonyl (C=O) groups is 9. The second-order valence-electron chi connectivity index (χ2n) is 20.6. The molecule has 0 spiro atoms. The fraction of sp³-hybridized carbons (Fsp3) is 0.712. The Hall–Kier alpha value is -5.87. The van der Waals surface area contributed by atoms with Crippen molar-refractivity contribution in [2.75, 3.05) is 47.9 Å². The molecular formula is C52H88N10O12. The van der Waals surface area contributed by atoms with E-state index in [0.717, 1.165) is 5.56 Å². The van der Waals surface area contributed by atoms with Crippen LogP contribution in [-0.4, -0.2) is 176 Å². The van der Waals surface area contributed by atoms with Gasteiger partial charge in [0.15, 0.2) is 0 Å². The molecule has 1 aliphatic heterocycles. The first-order valence-electron chi connectivity index (χ1n) is 25.9. The summed E-state index contributed by atoms with van der Waals surface area (Å²) in [4.78, 5) is 125. The molecule has 22 heteroatoms. The second kappa shape index (κ2) is 31.1. The maximum Gasteiger partial charge on any atom is 0.326 e. The lowest BCUT2D eigenvalue weighted by molar-refractivity contribution is -0.149. The molecule has 0 aromatic heterocycles. The summed E-state index contributed by atoms with van der Waals surface area (Å²) in [5.74, 6) is -7.04. The monoisotopic (exact) mass is 1040 g/mol. The highest BCUT2D eigenvalue weighted by Gasteiger charge is 2.44. The Bertz CT molecular complexity index is 2030. The highest BCUT2D eigenvalue weighted by atomic mass is 16.5. The molecule has 418 valence electrons. The topological polar surface area (TPSA) is 314 Å². The van der Waals surface area contributed by atoms with Gasteiger partial charge in [-0.3, -0.25) is 33.6 Å². The Labute approximate surface area is 437 Å². The zero-order valence-electron chi connectivity index (χ0n) is 46.0. The molecule has 0 unspecified atom stereocenters. The minimum absolute atomic E-state index is 0.0838. The lowest BCUT2D eigenvalue weighted by atomic mass is 9.89. The molecular weight excluding hydrogens is 957 g/mol. The number of benzene rings is 1. The van der Waals surface area contributed by atoms with Gasteiger partial charge in [0.25, 0.3) is 0 Å². The van der Waals surface area contributed by atoms with Crippen molar-refractivity contribution < 1.29 is 57.7 Å². The fourth-order valence-corrected chi connectivity index (χ4v) is 9.48. The molecule has 1 heterocycles. The van der Waals surface area contributed by atoms with Crippen LogP contribution in [-0.2, 0) is 54.3 Å². The fourth-order valence-electron chi connectivity index (χ4n) is 9.48. The molecule has 0 saturated carbocycles. The molecule has 10 N–H and O–H groups in total. The largest absolute Gasteiger partial charge is 0.480 e. The summed E-state index contributed by atoms with van der Waals surface area (Å²) < 4.78 is 11.9. The van der Waals surface area contributed by atoms with Crippen LogP contribution in [0.4, 0.5) is 4.79 Å². The SMILES string of the molecule is CC[C@H](C)[C@@H]([C@@H](CC(=O)N1CCC[C@H]1[C@H](OC)[C@@H](C)C(=O)N[C@@H](Cc1ccccc1)C(=O)O)OC)N(C)C(=O)[C@@H](NC(=O)[C@H](C(C)C)N(C)C(=O)CNC(=O)[C@H](CCCNC(N)=O)NC(=O)[C@@H](N)C(C)C)C(C)C. The third-order valence-corrected chi connectivity index (χ3v) is 14.1. The molecule has 22 nitrogen and oxygen atoms in total. The van der Waals surface area contributed by atoms with Gasteiger partial charge in [0.05, 0.1) is 49.2 Å². The van der Waals surface area contributed by atoms with Crippen LogP contribution in [0.5, 0.6) is 0 Å². The maximum absolute atomic E-state index is 14.7. The van der Waals surface area contributed by atoms with Crippen LogP contribution >= 0.6 is 0 Å². The number of aliphatic carboxylic acids is 1. The number of rotatable bonds is 31. The number of nitrogens with one attached hydrogen (secondary N) is 5. The molecule has 74 heavy (non-hydrogen) atoms. The third-order valence-electron chi connectivity index (χ3n) is 14.1. The van der Waals surface area contributed by atoms with Crippen LogP contribution in [0.25, 0.3) is 0 Å². The highest BCUT2D eigenvalue weighted by molar-refractivity contribution is 5.95. The van der Waals surface area contributed by atoms with Crippen molar-refractivity contribution in [3.05, 3.63) is 35.9 Å². The lowest BCUT2D eigenvalue weighted by Gasteiger charge is -2.41. The molecule has 0 aliphatic carbocycles. The number of carboxylic acids is 1. The minimum atomic E-state index is -1.18. The summed E-state index contributed by atoms with van der Waals surface area (Å²) >= 11 is 0. The third kappa shape index (κ3) is 18.8. The number of likely N-dealkylation sites (tertiary alicyclic amines) is 1. The van der Waals surface area contributed by atoms with Gasteiger partial charge >= 0.3 is 12.0 Å². The quantitative estimate of drug-likeness (QED) is 0.0488. The van der Waals surface area contributed by atoms with Gasteiger partial charge in [-0.25, -0.2) is 9.59 Å². The van der Waals surface area contributed by atoms with Crippen molar-refractivity contribution in [3.8, 4) is 0 Å².